The fourth-order valence-corrected chi connectivity index (χ4v) is 1.64. The first-order valence-corrected chi connectivity index (χ1v) is 7.43. The van der Waals surface area contributed by atoms with Gasteiger partial charge in [-0.2, -0.15) is 0 Å². The molecule has 0 radical (unpaired) electrons. The molecule has 1 aliphatic heterocycles. The summed E-state index contributed by atoms with van der Waals surface area (Å²) >= 11 is 4.64. The molecule has 9 heavy (non-hydrogen) atoms. The molecule has 0 aliphatic carbocycles. The molecule has 56 valence electrons. The number of rotatable bonds is 1. The van der Waals surface area contributed by atoms with E-state index in [1.165, 1.54) is 6.38 Å². The molecule has 0 saturated carbocycles. The van der Waals surface area contributed by atoms with Crippen molar-refractivity contribution in [3.05, 3.63) is 0 Å². The SMILES string of the molecule is CCl.C[Si](C)(C)C1CO1. The van der Waals surface area contributed by atoms with Gasteiger partial charge in [-0.15, -0.1) is 11.6 Å². The van der Waals surface area contributed by atoms with Crippen LogP contribution in [0.15, 0.2) is 0 Å². The molecule has 1 atom stereocenters. The van der Waals surface area contributed by atoms with Crippen LogP contribution in [0.5, 0.6) is 0 Å². The fraction of sp³-hybridized carbons (Fsp3) is 1.00. The largest absolute Gasteiger partial charge is 0.377 e. The summed E-state index contributed by atoms with van der Waals surface area (Å²) in [5, 5.41) is 0. The number of ether oxygens (including phenoxy) is 1. The lowest BCUT2D eigenvalue weighted by Gasteiger charge is -2.09. The molecule has 0 N–H and O–H groups in total. The van der Waals surface area contributed by atoms with Crippen LogP contribution >= 0.6 is 11.6 Å². The van der Waals surface area contributed by atoms with E-state index < -0.39 is 8.07 Å². The molecule has 1 heterocycles. The Morgan fingerprint density at radius 1 is 1.33 bits per heavy atom. The summed E-state index contributed by atoms with van der Waals surface area (Å²) in [7, 11) is -0.846. The minimum atomic E-state index is -0.846. The van der Waals surface area contributed by atoms with E-state index in [9.17, 15) is 0 Å². The Kier molecular flexibility index (Phi) is 3.78. The van der Waals surface area contributed by atoms with Crippen molar-refractivity contribution in [3.63, 3.8) is 0 Å². The Bertz CT molecular complexity index is 75.6. The molecule has 0 bridgehead atoms. The van der Waals surface area contributed by atoms with Gasteiger partial charge in [0.15, 0.2) is 0 Å². The van der Waals surface area contributed by atoms with E-state index in [0.717, 1.165) is 6.61 Å². The number of alkyl halides is 1. The lowest BCUT2D eigenvalue weighted by molar-refractivity contribution is 0.450. The lowest BCUT2D eigenvalue weighted by atomic mass is 11.0. The van der Waals surface area contributed by atoms with Crippen LogP contribution in [0, 0.1) is 0 Å². The highest BCUT2D eigenvalue weighted by Gasteiger charge is 2.36. The van der Waals surface area contributed by atoms with Gasteiger partial charge in [0.05, 0.1) is 20.4 Å². The summed E-state index contributed by atoms with van der Waals surface area (Å²) in [6.07, 6.45) is 1.47. The molecule has 0 aromatic carbocycles. The Labute approximate surface area is 63.4 Å². The van der Waals surface area contributed by atoms with E-state index in [1.807, 2.05) is 0 Å². The minimum Gasteiger partial charge on any atom is -0.377 e. The van der Waals surface area contributed by atoms with Crippen LogP contribution in [-0.4, -0.2) is 26.8 Å². The van der Waals surface area contributed by atoms with Crippen molar-refractivity contribution >= 4 is 19.7 Å². The summed E-state index contributed by atoms with van der Waals surface area (Å²) in [6.45, 7) is 8.05. The highest BCUT2D eigenvalue weighted by atomic mass is 35.5. The molecule has 1 fully saturated rings. The topological polar surface area (TPSA) is 12.5 Å². The fourth-order valence-electron chi connectivity index (χ4n) is 0.548. The highest BCUT2D eigenvalue weighted by molar-refractivity contribution is 6.78. The van der Waals surface area contributed by atoms with Gasteiger partial charge in [0, 0.05) is 6.38 Å². The second-order valence-electron chi connectivity index (χ2n) is 3.19. The maximum Gasteiger partial charge on any atom is 0.0815 e. The summed E-state index contributed by atoms with van der Waals surface area (Å²) in [4.78, 5) is 0. The number of hydrogen-bond acceptors (Lipinski definition) is 1. The van der Waals surface area contributed by atoms with E-state index >= 15 is 0 Å². The first kappa shape index (κ1) is 9.47. The molecule has 0 aromatic heterocycles. The zero-order chi connectivity index (χ0) is 7.49. The van der Waals surface area contributed by atoms with Gasteiger partial charge in [-0.05, 0) is 0 Å². The van der Waals surface area contributed by atoms with Gasteiger partial charge in [0.2, 0.25) is 0 Å². The molecule has 1 aliphatic rings. The third-order valence-electron chi connectivity index (χ3n) is 1.30. The Balaban J connectivity index is 0.000000291. The Morgan fingerprint density at radius 2 is 1.67 bits per heavy atom. The molecule has 1 unspecified atom stereocenters. The van der Waals surface area contributed by atoms with Crippen LogP contribution in [0.4, 0.5) is 0 Å². The molecule has 1 rings (SSSR count). The first-order chi connectivity index (χ1) is 4.11. The summed E-state index contributed by atoms with van der Waals surface area (Å²) < 4.78 is 5.13. The van der Waals surface area contributed by atoms with Gasteiger partial charge < -0.3 is 4.74 Å². The van der Waals surface area contributed by atoms with Crippen LogP contribution in [0.25, 0.3) is 0 Å². The van der Waals surface area contributed by atoms with Crippen LogP contribution in [-0.2, 0) is 4.74 Å². The van der Waals surface area contributed by atoms with E-state index in [4.69, 9.17) is 4.74 Å². The van der Waals surface area contributed by atoms with Crippen molar-refractivity contribution in [2.45, 2.75) is 25.4 Å². The van der Waals surface area contributed by atoms with Gasteiger partial charge in [-0.3, -0.25) is 0 Å². The third-order valence-corrected chi connectivity index (χ3v) is 3.56. The second-order valence-corrected chi connectivity index (χ2v) is 8.56. The predicted molar refractivity (Wildman–Crippen MR) is 44.9 cm³/mol. The van der Waals surface area contributed by atoms with E-state index in [2.05, 4.69) is 31.2 Å². The summed E-state index contributed by atoms with van der Waals surface area (Å²) in [6, 6.07) is 0. The van der Waals surface area contributed by atoms with Crippen LogP contribution in [0.2, 0.25) is 19.6 Å². The molecule has 1 nitrogen and oxygen atoms in total. The van der Waals surface area contributed by atoms with Gasteiger partial charge in [-0.25, -0.2) is 0 Å². The van der Waals surface area contributed by atoms with E-state index in [-0.39, 0.29) is 0 Å². The van der Waals surface area contributed by atoms with Crippen molar-refractivity contribution in [2.75, 3.05) is 13.0 Å². The van der Waals surface area contributed by atoms with Gasteiger partial charge in [0.25, 0.3) is 0 Å². The average Bonchev–Trinajstić information content (AvgIpc) is 2.47. The Hall–Kier alpha value is 0.467. The summed E-state index contributed by atoms with van der Waals surface area (Å²) in [5.41, 5.74) is 0.687. The van der Waals surface area contributed by atoms with Crippen molar-refractivity contribution in [2.24, 2.45) is 0 Å². The quantitative estimate of drug-likeness (QED) is 0.330. The first-order valence-electron chi connectivity index (χ1n) is 3.10. The molecule has 0 amide bonds. The number of epoxide rings is 1. The lowest BCUT2D eigenvalue weighted by Crippen LogP contribution is -2.28. The minimum absolute atomic E-state index is 0.687. The zero-order valence-electron chi connectivity index (χ0n) is 6.57. The van der Waals surface area contributed by atoms with Crippen molar-refractivity contribution in [3.8, 4) is 0 Å². The van der Waals surface area contributed by atoms with Crippen LogP contribution < -0.4 is 0 Å². The van der Waals surface area contributed by atoms with Gasteiger partial charge in [0.1, 0.15) is 0 Å². The average molecular weight is 167 g/mol. The molecule has 3 heteroatoms. The maximum atomic E-state index is 5.13. The smallest absolute Gasteiger partial charge is 0.0815 e. The Morgan fingerprint density at radius 3 is 1.67 bits per heavy atom. The second kappa shape index (κ2) is 3.59. The zero-order valence-corrected chi connectivity index (χ0v) is 8.33. The normalized spacial score (nSPS) is 24.3. The molecule has 1 saturated heterocycles. The standard InChI is InChI=1S/C5H12OSi.CH3Cl/c1-7(2,3)5-4-6-5;1-2/h5H,4H2,1-3H3;1H3. The van der Waals surface area contributed by atoms with Crippen LogP contribution in [0.1, 0.15) is 0 Å². The predicted octanol–water partition coefficient (Wildman–Crippen LogP) is 2.12. The number of halogens is 1. The third kappa shape index (κ3) is 3.95. The number of hydrogen-bond donors (Lipinski definition) is 0. The van der Waals surface area contributed by atoms with E-state index in [0.29, 0.717) is 5.73 Å². The van der Waals surface area contributed by atoms with Crippen molar-refractivity contribution in [1.82, 2.24) is 0 Å². The van der Waals surface area contributed by atoms with Gasteiger partial charge in [-0.1, -0.05) is 19.6 Å². The van der Waals surface area contributed by atoms with Crippen molar-refractivity contribution < 1.29 is 4.74 Å². The molecular formula is C6H15ClOSi. The molecule has 0 spiro atoms. The summed E-state index contributed by atoms with van der Waals surface area (Å²) in [5.74, 6) is 0. The van der Waals surface area contributed by atoms with Gasteiger partial charge >= 0.3 is 0 Å². The van der Waals surface area contributed by atoms with Crippen molar-refractivity contribution in [1.29, 1.82) is 0 Å². The molecular weight excluding hydrogens is 152 g/mol. The maximum absolute atomic E-state index is 5.13. The van der Waals surface area contributed by atoms with Crippen LogP contribution in [0.3, 0.4) is 0 Å². The van der Waals surface area contributed by atoms with E-state index in [1.54, 1.807) is 0 Å². The molecule has 0 aromatic rings. The monoisotopic (exact) mass is 166 g/mol. The highest BCUT2D eigenvalue weighted by Crippen LogP contribution is 2.21.